The zero-order valence-corrected chi connectivity index (χ0v) is 5.48. The first-order valence-corrected chi connectivity index (χ1v) is 2.88. The summed E-state index contributed by atoms with van der Waals surface area (Å²) >= 11 is 0. The van der Waals surface area contributed by atoms with Crippen molar-refractivity contribution in [3.63, 3.8) is 0 Å². The Morgan fingerprint density at radius 2 is 2.33 bits per heavy atom. The van der Waals surface area contributed by atoms with Crippen LogP contribution in [0.5, 0.6) is 0 Å². The summed E-state index contributed by atoms with van der Waals surface area (Å²) in [6.45, 7) is 0.799. The maximum Gasteiger partial charge on any atom is 0.243 e. The van der Waals surface area contributed by atoms with Crippen LogP contribution in [0.2, 0.25) is 0 Å². The van der Waals surface area contributed by atoms with Crippen molar-refractivity contribution in [2.75, 3.05) is 13.6 Å². The molecular formula is C5H12N2O2. The summed E-state index contributed by atoms with van der Waals surface area (Å²) in [5, 5.41) is 10.9. The van der Waals surface area contributed by atoms with Gasteiger partial charge in [-0.15, -0.1) is 0 Å². The van der Waals surface area contributed by atoms with Gasteiger partial charge in [-0.3, -0.25) is 10.0 Å². The van der Waals surface area contributed by atoms with Crippen LogP contribution < -0.4 is 10.8 Å². The van der Waals surface area contributed by atoms with Crippen molar-refractivity contribution < 1.29 is 10.0 Å². The molecule has 0 unspecified atom stereocenters. The number of hydroxylamine groups is 1. The van der Waals surface area contributed by atoms with Crippen molar-refractivity contribution >= 4 is 5.91 Å². The molecule has 0 aromatic heterocycles. The number of nitrogens with one attached hydrogen (secondary N) is 2. The van der Waals surface area contributed by atoms with E-state index in [9.17, 15) is 4.79 Å². The summed E-state index contributed by atoms with van der Waals surface area (Å²) < 4.78 is 0. The lowest BCUT2D eigenvalue weighted by atomic mass is 10.3. The summed E-state index contributed by atoms with van der Waals surface area (Å²) in [6.07, 6.45) is 1.13. The summed E-state index contributed by atoms with van der Waals surface area (Å²) in [7, 11) is 1.82. The van der Waals surface area contributed by atoms with Crippen LogP contribution in [0, 0.1) is 0 Å². The predicted molar refractivity (Wildman–Crippen MR) is 33.1 cm³/mol. The summed E-state index contributed by atoms with van der Waals surface area (Å²) in [5.74, 6) is -0.328. The van der Waals surface area contributed by atoms with Crippen molar-refractivity contribution in [1.29, 1.82) is 0 Å². The highest BCUT2D eigenvalue weighted by atomic mass is 16.5. The van der Waals surface area contributed by atoms with Gasteiger partial charge in [0.05, 0.1) is 0 Å². The fraction of sp³-hybridized carbons (Fsp3) is 0.800. The van der Waals surface area contributed by atoms with E-state index in [-0.39, 0.29) is 5.91 Å². The van der Waals surface area contributed by atoms with Gasteiger partial charge in [0.1, 0.15) is 0 Å². The lowest BCUT2D eigenvalue weighted by molar-refractivity contribution is -0.129. The lowest BCUT2D eigenvalue weighted by Gasteiger charge is -1.96. The zero-order valence-electron chi connectivity index (χ0n) is 5.48. The summed E-state index contributed by atoms with van der Waals surface area (Å²) in [4.78, 5) is 10.3. The van der Waals surface area contributed by atoms with Gasteiger partial charge >= 0.3 is 0 Å². The lowest BCUT2D eigenvalue weighted by Crippen LogP contribution is -2.19. The molecule has 0 fully saturated rings. The topological polar surface area (TPSA) is 61.4 Å². The van der Waals surface area contributed by atoms with Crippen LogP contribution in [0.1, 0.15) is 12.8 Å². The van der Waals surface area contributed by atoms with Crippen molar-refractivity contribution in [3.05, 3.63) is 0 Å². The smallest absolute Gasteiger partial charge is 0.243 e. The Kier molecular flexibility index (Phi) is 5.15. The molecule has 0 aromatic rings. The average Bonchev–Trinajstić information content (AvgIpc) is 1.89. The average molecular weight is 132 g/mol. The van der Waals surface area contributed by atoms with E-state index in [2.05, 4.69) is 5.32 Å². The Bertz CT molecular complexity index is 85.0. The van der Waals surface area contributed by atoms with Gasteiger partial charge in [-0.1, -0.05) is 0 Å². The first-order chi connectivity index (χ1) is 4.31. The van der Waals surface area contributed by atoms with Crippen molar-refractivity contribution in [2.24, 2.45) is 0 Å². The molecule has 0 aliphatic heterocycles. The highest BCUT2D eigenvalue weighted by Crippen LogP contribution is 1.84. The molecule has 0 saturated carbocycles. The third-order valence-corrected chi connectivity index (χ3v) is 0.955. The largest absolute Gasteiger partial charge is 0.320 e. The van der Waals surface area contributed by atoms with Gasteiger partial charge in [-0.25, -0.2) is 5.48 Å². The summed E-state index contributed by atoms with van der Waals surface area (Å²) in [5.41, 5.74) is 1.56. The van der Waals surface area contributed by atoms with Crippen molar-refractivity contribution in [2.45, 2.75) is 12.8 Å². The van der Waals surface area contributed by atoms with E-state index in [0.717, 1.165) is 13.0 Å². The van der Waals surface area contributed by atoms with Gasteiger partial charge in [0.25, 0.3) is 0 Å². The first kappa shape index (κ1) is 8.39. The second-order valence-electron chi connectivity index (χ2n) is 1.74. The molecule has 0 aromatic carbocycles. The molecule has 0 saturated heterocycles. The number of hydrogen-bond acceptors (Lipinski definition) is 3. The minimum atomic E-state index is -0.328. The quantitative estimate of drug-likeness (QED) is 0.274. The van der Waals surface area contributed by atoms with Gasteiger partial charge in [-0.05, 0) is 20.0 Å². The normalized spacial score (nSPS) is 9.11. The number of carbonyl (C=O) groups excluding carboxylic acids is 1. The number of hydrogen-bond donors (Lipinski definition) is 3. The van der Waals surface area contributed by atoms with Crippen LogP contribution in [0.15, 0.2) is 0 Å². The minimum Gasteiger partial charge on any atom is -0.320 e. The third-order valence-electron chi connectivity index (χ3n) is 0.955. The van der Waals surface area contributed by atoms with E-state index < -0.39 is 0 Å². The Balaban J connectivity index is 2.97. The van der Waals surface area contributed by atoms with E-state index in [1.807, 2.05) is 7.05 Å². The maximum absolute atomic E-state index is 10.3. The fourth-order valence-electron chi connectivity index (χ4n) is 0.482. The molecule has 9 heavy (non-hydrogen) atoms. The van der Waals surface area contributed by atoms with Gasteiger partial charge in [-0.2, -0.15) is 0 Å². The highest BCUT2D eigenvalue weighted by molar-refractivity contribution is 5.74. The monoisotopic (exact) mass is 132 g/mol. The van der Waals surface area contributed by atoms with Crippen LogP contribution in [-0.4, -0.2) is 24.7 Å². The third kappa shape index (κ3) is 5.26. The van der Waals surface area contributed by atoms with E-state index in [1.165, 1.54) is 0 Å². The minimum absolute atomic E-state index is 0.328. The Morgan fingerprint density at radius 3 is 2.78 bits per heavy atom. The maximum atomic E-state index is 10.3. The molecule has 3 N–H and O–H groups in total. The zero-order chi connectivity index (χ0) is 7.11. The van der Waals surface area contributed by atoms with Crippen LogP contribution in [0.4, 0.5) is 0 Å². The van der Waals surface area contributed by atoms with Crippen LogP contribution in [0.3, 0.4) is 0 Å². The van der Waals surface area contributed by atoms with Gasteiger partial charge in [0, 0.05) is 6.42 Å². The second-order valence-corrected chi connectivity index (χ2v) is 1.74. The van der Waals surface area contributed by atoms with E-state index in [4.69, 9.17) is 5.21 Å². The van der Waals surface area contributed by atoms with Crippen LogP contribution in [-0.2, 0) is 4.79 Å². The van der Waals surface area contributed by atoms with Crippen LogP contribution in [0.25, 0.3) is 0 Å². The molecule has 0 aliphatic carbocycles. The standard InChI is InChI=1S/C5H12N2O2/c1-6-4-2-3-5(8)7-9/h6,9H,2-4H2,1H3,(H,7,8). The van der Waals surface area contributed by atoms with Gasteiger partial charge in [0.15, 0.2) is 0 Å². The Morgan fingerprint density at radius 1 is 1.67 bits per heavy atom. The Labute approximate surface area is 54.2 Å². The molecule has 0 radical (unpaired) electrons. The molecule has 4 heteroatoms. The molecule has 0 rings (SSSR count). The molecule has 0 aliphatic rings. The molecule has 0 bridgehead atoms. The molecule has 4 nitrogen and oxygen atoms in total. The SMILES string of the molecule is CNCCCC(=O)NO. The fourth-order valence-corrected chi connectivity index (χ4v) is 0.482. The number of amides is 1. The highest BCUT2D eigenvalue weighted by Gasteiger charge is 1.95. The van der Waals surface area contributed by atoms with Crippen molar-refractivity contribution in [1.82, 2.24) is 10.8 Å². The molecule has 1 amide bonds. The first-order valence-electron chi connectivity index (χ1n) is 2.88. The molecule has 0 atom stereocenters. The van der Waals surface area contributed by atoms with E-state index in [1.54, 1.807) is 5.48 Å². The second kappa shape index (κ2) is 5.53. The van der Waals surface area contributed by atoms with E-state index >= 15 is 0 Å². The number of rotatable bonds is 4. The molecule has 54 valence electrons. The number of carbonyl (C=O) groups is 1. The van der Waals surface area contributed by atoms with Gasteiger partial charge < -0.3 is 5.32 Å². The van der Waals surface area contributed by atoms with Crippen LogP contribution >= 0.6 is 0 Å². The van der Waals surface area contributed by atoms with Gasteiger partial charge in [0.2, 0.25) is 5.91 Å². The van der Waals surface area contributed by atoms with E-state index in [0.29, 0.717) is 6.42 Å². The molecular weight excluding hydrogens is 120 g/mol. The predicted octanol–water partition coefficient (Wildman–Crippen LogP) is -0.509. The Hall–Kier alpha value is -0.610. The summed E-state index contributed by atoms with van der Waals surface area (Å²) in [6, 6.07) is 0. The van der Waals surface area contributed by atoms with Crippen molar-refractivity contribution in [3.8, 4) is 0 Å². The molecule has 0 heterocycles. The molecule has 0 spiro atoms.